The Kier molecular flexibility index (Phi) is 4.08. The van der Waals surface area contributed by atoms with Gasteiger partial charge in [-0.15, -0.1) is 0 Å². The van der Waals surface area contributed by atoms with Gasteiger partial charge in [0.2, 0.25) is 10.0 Å². The van der Waals surface area contributed by atoms with E-state index in [1.54, 1.807) is 49.6 Å². The van der Waals surface area contributed by atoms with E-state index in [9.17, 15) is 8.42 Å². The van der Waals surface area contributed by atoms with E-state index in [0.29, 0.717) is 29.4 Å². The summed E-state index contributed by atoms with van der Waals surface area (Å²) in [6.07, 6.45) is 3.11. The minimum absolute atomic E-state index is 0.154. The van der Waals surface area contributed by atoms with Crippen molar-refractivity contribution in [1.82, 2.24) is 9.29 Å². The molecule has 0 saturated carbocycles. The molecule has 5 nitrogen and oxygen atoms in total. The number of sulfonamides is 1. The number of pyridine rings is 1. The fraction of sp³-hybridized carbons (Fsp3) is 0.267. The second kappa shape index (κ2) is 5.87. The number of benzene rings is 1. The Morgan fingerprint density at radius 2 is 2.05 bits per heavy atom. The van der Waals surface area contributed by atoms with Gasteiger partial charge in [0.25, 0.3) is 0 Å². The fourth-order valence-corrected chi connectivity index (χ4v) is 4.27. The van der Waals surface area contributed by atoms with E-state index >= 15 is 0 Å². The van der Waals surface area contributed by atoms with Gasteiger partial charge in [-0.05, 0) is 36.8 Å². The van der Waals surface area contributed by atoms with E-state index in [4.69, 9.17) is 16.3 Å². The van der Waals surface area contributed by atoms with Crippen molar-refractivity contribution in [3.05, 3.63) is 53.3 Å². The number of hydrogen-bond donors (Lipinski definition) is 0. The highest BCUT2D eigenvalue weighted by Crippen LogP contribution is 2.29. The maximum atomic E-state index is 12.6. The molecule has 116 valence electrons. The molecule has 3 rings (SSSR count). The molecule has 1 fully saturated rings. The van der Waals surface area contributed by atoms with Crippen molar-refractivity contribution in [2.24, 2.45) is 0 Å². The van der Waals surface area contributed by atoms with Gasteiger partial charge >= 0.3 is 0 Å². The maximum absolute atomic E-state index is 12.6. The van der Waals surface area contributed by atoms with Crippen molar-refractivity contribution in [3.8, 4) is 5.75 Å². The molecule has 0 radical (unpaired) electrons. The van der Waals surface area contributed by atoms with E-state index in [-0.39, 0.29) is 11.0 Å². The normalized spacial score (nSPS) is 16.3. The van der Waals surface area contributed by atoms with Gasteiger partial charge in [-0.1, -0.05) is 17.7 Å². The molecular weight excluding hydrogens is 324 g/mol. The Morgan fingerprint density at radius 1 is 1.27 bits per heavy atom. The average molecular weight is 339 g/mol. The Hall–Kier alpha value is -1.63. The number of hydrogen-bond acceptors (Lipinski definition) is 4. The van der Waals surface area contributed by atoms with E-state index in [0.717, 1.165) is 0 Å². The third kappa shape index (κ3) is 2.82. The zero-order valence-electron chi connectivity index (χ0n) is 11.9. The second-order valence-corrected chi connectivity index (χ2v) is 7.43. The average Bonchev–Trinajstić information content (AvgIpc) is 2.46. The maximum Gasteiger partial charge on any atom is 0.243 e. The third-order valence-corrected chi connectivity index (χ3v) is 5.97. The van der Waals surface area contributed by atoms with Gasteiger partial charge in [-0.2, -0.15) is 4.31 Å². The first-order valence-corrected chi connectivity index (χ1v) is 8.62. The summed E-state index contributed by atoms with van der Waals surface area (Å²) >= 11 is 6.01. The van der Waals surface area contributed by atoms with Crippen LogP contribution < -0.4 is 4.74 Å². The molecule has 0 N–H and O–H groups in total. The lowest BCUT2D eigenvalue weighted by molar-refractivity contribution is 0.0758. The van der Waals surface area contributed by atoms with E-state index in [1.807, 2.05) is 0 Å². The summed E-state index contributed by atoms with van der Waals surface area (Å²) in [5.74, 6) is 0.642. The molecule has 22 heavy (non-hydrogen) atoms. The van der Waals surface area contributed by atoms with Gasteiger partial charge in [0.15, 0.2) is 0 Å². The van der Waals surface area contributed by atoms with Crippen LogP contribution in [0.4, 0.5) is 0 Å². The highest BCUT2D eigenvalue weighted by molar-refractivity contribution is 7.89. The van der Waals surface area contributed by atoms with E-state index in [2.05, 4.69) is 4.98 Å². The van der Waals surface area contributed by atoms with Crippen molar-refractivity contribution in [2.75, 3.05) is 13.1 Å². The predicted molar refractivity (Wildman–Crippen MR) is 83.6 cm³/mol. The lowest BCUT2D eigenvalue weighted by Crippen LogP contribution is -2.56. The van der Waals surface area contributed by atoms with E-state index < -0.39 is 10.0 Å². The van der Waals surface area contributed by atoms with Crippen LogP contribution in [-0.4, -0.2) is 36.9 Å². The van der Waals surface area contributed by atoms with Crippen molar-refractivity contribution in [2.45, 2.75) is 17.9 Å². The van der Waals surface area contributed by atoms with Crippen molar-refractivity contribution < 1.29 is 13.2 Å². The zero-order valence-corrected chi connectivity index (χ0v) is 13.5. The monoisotopic (exact) mass is 338 g/mol. The van der Waals surface area contributed by atoms with Crippen molar-refractivity contribution >= 4 is 21.6 Å². The topological polar surface area (TPSA) is 59.5 Å². The first-order valence-electron chi connectivity index (χ1n) is 6.80. The molecule has 1 aromatic heterocycles. The van der Waals surface area contributed by atoms with Crippen LogP contribution in [-0.2, 0) is 10.0 Å². The molecule has 0 spiro atoms. The summed E-state index contributed by atoms with van der Waals surface area (Å²) in [7, 11) is -3.53. The number of ether oxygens (including phenoxy) is 1. The molecule has 7 heteroatoms. The van der Waals surface area contributed by atoms with Crippen LogP contribution in [0.15, 0.2) is 47.6 Å². The molecule has 2 aromatic rings. The number of aromatic nitrogens is 1. The summed E-state index contributed by atoms with van der Waals surface area (Å²) in [5, 5.41) is 0.449. The van der Waals surface area contributed by atoms with Gasteiger partial charge in [0, 0.05) is 11.2 Å². The molecular formula is C15H15ClN2O3S. The van der Waals surface area contributed by atoms with Crippen molar-refractivity contribution in [1.29, 1.82) is 0 Å². The molecule has 0 amide bonds. The standard InChI is InChI=1S/C15H15ClN2O3S/c1-11-14(16)5-2-6-15(11)22(19,20)18-9-13(10-18)21-12-4-3-7-17-8-12/h2-8,13H,9-10H2,1H3. The van der Waals surface area contributed by atoms with Crippen LogP contribution in [0.1, 0.15) is 5.56 Å². The quantitative estimate of drug-likeness (QED) is 0.859. The molecule has 0 atom stereocenters. The molecule has 2 heterocycles. The van der Waals surface area contributed by atoms with Crippen LogP contribution in [0.5, 0.6) is 5.75 Å². The van der Waals surface area contributed by atoms with Crippen molar-refractivity contribution in [3.63, 3.8) is 0 Å². The van der Waals surface area contributed by atoms with Gasteiger partial charge in [0.1, 0.15) is 11.9 Å². The first-order chi connectivity index (χ1) is 10.5. The summed E-state index contributed by atoms with van der Waals surface area (Å²) in [6.45, 7) is 2.35. The van der Waals surface area contributed by atoms with Crippen LogP contribution in [0, 0.1) is 6.92 Å². The highest BCUT2D eigenvalue weighted by Gasteiger charge is 2.38. The van der Waals surface area contributed by atoms with E-state index in [1.165, 1.54) is 4.31 Å². The van der Waals surface area contributed by atoms with Crippen LogP contribution in [0.25, 0.3) is 0 Å². The SMILES string of the molecule is Cc1c(Cl)cccc1S(=O)(=O)N1CC(Oc2cccnc2)C1. The molecule has 1 saturated heterocycles. The van der Waals surface area contributed by atoms with Gasteiger partial charge in [-0.25, -0.2) is 8.42 Å². The van der Waals surface area contributed by atoms with Gasteiger partial charge < -0.3 is 4.74 Å². The summed E-state index contributed by atoms with van der Waals surface area (Å²) in [6, 6.07) is 8.47. The second-order valence-electron chi connectivity index (χ2n) is 5.11. The summed E-state index contributed by atoms with van der Waals surface area (Å²) in [5.41, 5.74) is 0.570. The zero-order chi connectivity index (χ0) is 15.7. The molecule has 1 aromatic carbocycles. The number of nitrogens with zero attached hydrogens (tertiary/aromatic N) is 2. The lowest BCUT2D eigenvalue weighted by atomic mass is 10.2. The van der Waals surface area contributed by atoms with Gasteiger partial charge in [-0.3, -0.25) is 4.98 Å². The minimum Gasteiger partial charge on any atom is -0.486 e. The number of halogens is 1. The molecule has 0 unspecified atom stereocenters. The van der Waals surface area contributed by atoms with Crippen LogP contribution >= 0.6 is 11.6 Å². The van der Waals surface area contributed by atoms with Crippen LogP contribution in [0.2, 0.25) is 5.02 Å². The Bertz CT molecular complexity index is 775. The molecule has 1 aliphatic rings. The minimum atomic E-state index is -3.53. The first kappa shape index (κ1) is 15.3. The third-order valence-electron chi connectivity index (χ3n) is 3.59. The van der Waals surface area contributed by atoms with Gasteiger partial charge in [0.05, 0.1) is 24.2 Å². The molecule has 1 aliphatic heterocycles. The largest absolute Gasteiger partial charge is 0.486 e. The molecule has 0 bridgehead atoms. The van der Waals surface area contributed by atoms with Crippen LogP contribution in [0.3, 0.4) is 0 Å². The Labute approximate surface area is 134 Å². The smallest absolute Gasteiger partial charge is 0.243 e. The lowest BCUT2D eigenvalue weighted by Gasteiger charge is -2.38. The summed E-state index contributed by atoms with van der Waals surface area (Å²) < 4.78 is 32.2. The Balaban J connectivity index is 1.70. The Morgan fingerprint density at radius 3 is 2.73 bits per heavy atom. The summed E-state index contributed by atoms with van der Waals surface area (Å²) in [4.78, 5) is 4.21. The highest BCUT2D eigenvalue weighted by atomic mass is 35.5. The molecule has 0 aliphatic carbocycles. The fourth-order valence-electron chi connectivity index (χ4n) is 2.29. The predicted octanol–water partition coefficient (Wildman–Crippen LogP) is 2.50. The number of rotatable bonds is 4.